The van der Waals surface area contributed by atoms with Gasteiger partial charge < -0.3 is 0 Å². The van der Waals surface area contributed by atoms with Crippen molar-refractivity contribution in [2.24, 2.45) is 11.3 Å². The van der Waals surface area contributed by atoms with Crippen LogP contribution in [-0.2, 0) is 6.42 Å². The molecule has 0 N–H and O–H groups in total. The summed E-state index contributed by atoms with van der Waals surface area (Å²) >= 11 is 0. The van der Waals surface area contributed by atoms with Crippen LogP contribution in [0.25, 0.3) is 0 Å². The first-order valence-corrected chi connectivity index (χ1v) is 7.04. The van der Waals surface area contributed by atoms with E-state index in [-0.39, 0.29) is 0 Å². The molecule has 0 heterocycles. The molecule has 1 saturated carbocycles. The third kappa shape index (κ3) is 3.12. The van der Waals surface area contributed by atoms with Crippen molar-refractivity contribution >= 4 is 0 Å². The van der Waals surface area contributed by atoms with E-state index in [0.29, 0.717) is 5.41 Å². The predicted molar refractivity (Wildman–Crippen MR) is 75.4 cm³/mol. The highest BCUT2D eigenvalue weighted by Crippen LogP contribution is 2.41. The first-order valence-electron chi connectivity index (χ1n) is 7.04. The van der Waals surface area contributed by atoms with Gasteiger partial charge in [-0.15, -0.1) is 0 Å². The van der Waals surface area contributed by atoms with E-state index in [4.69, 9.17) is 0 Å². The number of hydrogen-bond acceptors (Lipinski definition) is 0. The van der Waals surface area contributed by atoms with Gasteiger partial charge in [0.1, 0.15) is 0 Å². The average Bonchev–Trinajstić information content (AvgIpc) is 2.67. The Hall–Kier alpha value is -0.780. The summed E-state index contributed by atoms with van der Waals surface area (Å²) in [6.07, 6.45) is 7.01. The van der Waals surface area contributed by atoms with Crippen LogP contribution in [-0.4, -0.2) is 0 Å². The summed E-state index contributed by atoms with van der Waals surface area (Å²) < 4.78 is 0. The van der Waals surface area contributed by atoms with Crippen molar-refractivity contribution < 1.29 is 0 Å². The number of hydrogen-bond donors (Lipinski definition) is 0. The average molecular weight is 230 g/mol. The Morgan fingerprint density at radius 3 is 2.06 bits per heavy atom. The minimum atomic E-state index is 0.469. The zero-order valence-electron chi connectivity index (χ0n) is 11.8. The van der Waals surface area contributed by atoms with Crippen molar-refractivity contribution in [1.82, 2.24) is 0 Å². The summed E-state index contributed by atoms with van der Waals surface area (Å²) in [5.74, 6) is 0.934. The molecule has 94 valence electrons. The second kappa shape index (κ2) is 4.84. The van der Waals surface area contributed by atoms with Crippen molar-refractivity contribution in [2.45, 2.75) is 59.8 Å². The van der Waals surface area contributed by atoms with Crippen LogP contribution in [0.3, 0.4) is 0 Å². The lowest BCUT2D eigenvalue weighted by Gasteiger charge is -2.32. The molecule has 1 aromatic rings. The van der Waals surface area contributed by atoms with Gasteiger partial charge in [0.25, 0.3) is 0 Å². The third-order valence-corrected chi connectivity index (χ3v) is 4.40. The zero-order chi connectivity index (χ0) is 12.5. The Labute approximate surface area is 106 Å². The van der Waals surface area contributed by atoms with Crippen molar-refractivity contribution in [3.8, 4) is 0 Å². The van der Waals surface area contributed by atoms with Gasteiger partial charge >= 0.3 is 0 Å². The largest absolute Gasteiger partial charge is 0.0593 e. The van der Waals surface area contributed by atoms with Crippen molar-refractivity contribution in [3.05, 3.63) is 34.9 Å². The molecular formula is C17H26. The molecule has 0 saturated heterocycles. The molecule has 0 atom stereocenters. The molecule has 0 radical (unpaired) electrons. The first-order chi connectivity index (χ1) is 7.97. The molecule has 0 amide bonds. The smallest absolute Gasteiger partial charge is 0.0224 e. The van der Waals surface area contributed by atoms with E-state index in [1.165, 1.54) is 48.8 Å². The van der Waals surface area contributed by atoms with Gasteiger partial charge in [-0.3, -0.25) is 0 Å². The lowest BCUT2D eigenvalue weighted by Crippen LogP contribution is -2.24. The number of rotatable bonds is 3. The second-order valence-electron chi connectivity index (χ2n) is 6.64. The molecule has 0 aliphatic heterocycles. The van der Waals surface area contributed by atoms with E-state index >= 15 is 0 Å². The van der Waals surface area contributed by atoms with Gasteiger partial charge in [0.15, 0.2) is 0 Å². The summed E-state index contributed by atoms with van der Waals surface area (Å²) in [4.78, 5) is 0. The van der Waals surface area contributed by atoms with E-state index in [2.05, 4.69) is 45.9 Å². The van der Waals surface area contributed by atoms with Gasteiger partial charge in [-0.05, 0) is 50.0 Å². The second-order valence-corrected chi connectivity index (χ2v) is 6.64. The summed E-state index contributed by atoms with van der Waals surface area (Å²) in [6, 6.07) is 7.00. The van der Waals surface area contributed by atoms with E-state index in [1.54, 1.807) is 0 Å². The Morgan fingerprint density at radius 2 is 1.53 bits per heavy atom. The Balaban J connectivity index is 2.13. The Bertz CT molecular complexity index is 361. The van der Waals surface area contributed by atoms with Crippen LogP contribution in [0.2, 0.25) is 0 Å². The number of benzene rings is 1. The maximum Gasteiger partial charge on any atom is -0.0224 e. The molecule has 0 aromatic heterocycles. The quantitative estimate of drug-likeness (QED) is 0.680. The zero-order valence-corrected chi connectivity index (χ0v) is 11.8. The predicted octanol–water partition coefficient (Wildman–Crippen LogP) is 5.06. The molecule has 0 spiro atoms. The molecular weight excluding hydrogens is 204 g/mol. The van der Waals surface area contributed by atoms with Crippen LogP contribution in [0.4, 0.5) is 0 Å². The Morgan fingerprint density at radius 1 is 1.00 bits per heavy atom. The van der Waals surface area contributed by atoms with Crippen LogP contribution < -0.4 is 0 Å². The van der Waals surface area contributed by atoms with Crippen LogP contribution in [0, 0.1) is 25.2 Å². The third-order valence-electron chi connectivity index (χ3n) is 4.40. The highest BCUT2D eigenvalue weighted by molar-refractivity contribution is 5.29. The van der Waals surface area contributed by atoms with Gasteiger partial charge in [-0.25, -0.2) is 0 Å². The van der Waals surface area contributed by atoms with Crippen molar-refractivity contribution in [1.29, 1.82) is 0 Å². The molecule has 0 nitrogen and oxygen atoms in total. The van der Waals surface area contributed by atoms with Gasteiger partial charge in [0, 0.05) is 0 Å². The molecule has 0 bridgehead atoms. The van der Waals surface area contributed by atoms with E-state index < -0.39 is 0 Å². The SMILES string of the molecule is Cc1cc(C)cc(CC(C)(C)C2CCCC2)c1. The van der Waals surface area contributed by atoms with Gasteiger partial charge in [-0.1, -0.05) is 56.0 Å². The van der Waals surface area contributed by atoms with Gasteiger partial charge in [0.05, 0.1) is 0 Å². The molecule has 0 unspecified atom stereocenters. The highest BCUT2D eigenvalue weighted by atomic mass is 14.4. The molecule has 1 aliphatic carbocycles. The highest BCUT2D eigenvalue weighted by Gasteiger charge is 2.31. The lowest BCUT2D eigenvalue weighted by atomic mass is 9.73. The molecule has 0 heteroatoms. The summed E-state index contributed by atoms with van der Waals surface area (Å²) in [5.41, 5.74) is 4.81. The molecule has 17 heavy (non-hydrogen) atoms. The molecule has 1 aromatic carbocycles. The van der Waals surface area contributed by atoms with Crippen LogP contribution in [0.1, 0.15) is 56.2 Å². The standard InChI is InChI=1S/C17H26/c1-13-9-14(2)11-15(10-13)12-17(3,4)16-7-5-6-8-16/h9-11,16H,5-8,12H2,1-4H3. The normalized spacial score (nSPS) is 17.6. The molecule has 1 fully saturated rings. The fourth-order valence-electron chi connectivity index (χ4n) is 3.55. The lowest BCUT2D eigenvalue weighted by molar-refractivity contribution is 0.215. The fourth-order valence-corrected chi connectivity index (χ4v) is 3.55. The van der Waals surface area contributed by atoms with Gasteiger partial charge in [-0.2, -0.15) is 0 Å². The molecule has 1 aliphatic rings. The van der Waals surface area contributed by atoms with Crippen LogP contribution >= 0.6 is 0 Å². The van der Waals surface area contributed by atoms with E-state index in [9.17, 15) is 0 Å². The van der Waals surface area contributed by atoms with E-state index in [1.807, 2.05) is 0 Å². The molecule has 2 rings (SSSR count). The summed E-state index contributed by atoms with van der Waals surface area (Å²) in [7, 11) is 0. The summed E-state index contributed by atoms with van der Waals surface area (Å²) in [5, 5.41) is 0. The topological polar surface area (TPSA) is 0 Å². The maximum absolute atomic E-state index is 2.46. The van der Waals surface area contributed by atoms with Crippen molar-refractivity contribution in [3.63, 3.8) is 0 Å². The Kier molecular flexibility index (Phi) is 3.61. The first kappa shape index (κ1) is 12.7. The minimum absolute atomic E-state index is 0.469. The van der Waals surface area contributed by atoms with E-state index in [0.717, 1.165) is 5.92 Å². The fraction of sp³-hybridized carbons (Fsp3) is 0.647. The monoisotopic (exact) mass is 230 g/mol. The summed E-state index contributed by atoms with van der Waals surface area (Å²) in [6.45, 7) is 9.33. The maximum atomic E-state index is 2.46. The van der Waals surface area contributed by atoms with Gasteiger partial charge in [0.2, 0.25) is 0 Å². The van der Waals surface area contributed by atoms with Crippen LogP contribution in [0.5, 0.6) is 0 Å². The number of aryl methyl sites for hydroxylation is 2. The van der Waals surface area contributed by atoms with Crippen molar-refractivity contribution in [2.75, 3.05) is 0 Å². The minimum Gasteiger partial charge on any atom is -0.0593 e. The van der Waals surface area contributed by atoms with Crippen LogP contribution in [0.15, 0.2) is 18.2 Å².